The number of hydrogen-bond donors (Lipinski definition) is 2. The first kappa shape index (κ1) is 24.2. The fourth-order valence-electron chi connectivity index (χ4n) is 3.22. The van der Waals surface area contributed by atoms with Crippen molar-refractivity contribution in [2.45, 2.75) is 70.8 Å². The van der Waals surface area contributed by atoms with Crippen LogP contribution >= 0.6 is 24.8 Å². The van der Waals surface area contributed by atoms with E-state index in [1.807, 2.05) is 0 Å². The van der Waals surface area contributed by atoms with Gasteiger partial charge in [-0.3, -0.25) is 4.79 Å². The molecule has 0 aliphatic heterocycles. The van der Waals surface area contributed by atoms with Crippen molar-refractivity contribution in [1.82, 2.24) is 10.2 Å². The van der Waals surface area contributed by atoms with Crippen LogP contribution < -0.4 is 11.1 Å². The molecule has 1 rings (SSSR count). The molecule has 3 N–H and O–H groups in total. The first-order valence-corrected chi connectivity index (χ1v) is 8.39. The number of rotatable bonds is 10. The Morgan fingerprint density at radius 2 is 1.64 bits per heavy atom. The second-order valence-corrected chi connectivity index (χ2v) is 6.18. The number of nitrogens with one attached hydrogen (secondary N) is 1. The van der Waals surface area contributed by atoms with Crippen LogP contribution in [0, 0.1) is 0 Å². The van der Waals surface area contributed by atoms with Crippen LogP contribution in [-0.4, -0.2) is 42.5 Å². The quantitative estimate of drug-likeness (QED) is 0.632. The molecule has 4 nitrogen and oxygen atoms in total. The topological polar surface area (TPSA) is 58.4 Å². The largest absolute Gasteiger partial charge is 0.349 e. The molecule has 1 aliphatic rings. The molecule has 0 bridgehead atoms. The third kappa shape index (κ3) is 8.56. The summed E-state index contributed by atoms with van der Waals surface area (Å²) in [7, 11) is 0. The van der Waals surface area contributed by atoms with Crippen LogP contribution in [0.3, 0.4) is 0 Å². The molecular weight excluding hydrogens is 321 g/mol. The SMILES string of the molecule is CCCN(CCC)CCCC(=O)NC1(CN)CCCC1.Cl.Cl. The van der Waals surface area contributed by atoms with E-state index in [0.717, 1.165) is 38.9 Å². The molecular formula is C16H35Cl2N3O. The molecule has 6 heteroatoms. The zero-order valence-corrected chi connectivity index (χ0v) is 15.9. The Hall–Kier alpha value is -0.0300. The summed E-state index contributed by atoms with van der Waals surface area (Å²) in [6.45, 7) is 8.31. The molecule has 1 amide bonds. The van der Waals surface area contributed by atoms with Gasteiger partial charge < -0.3 is 16.0 Å². The van der Waals surface area contributed by atoms with E-state index in [-0.39, 0.29) is 36.3 Å². The van der Waals surface area contributed by atoms with Gasteiger partial charge in [0.25, 0.3) is 0 Å². The van der Waals surface area contributed by atoms with Gasteiger partial charge in [0, 0.05) is 13.0 Å². The molecule has 0 aromatic heterocycles. The fraction of sp³-hybridized carbons (Fsp3) is 0.938. The van der Waals surface area contributed by atoms with Crippen molar-refractivity contribution in [3.63, 3.8) is 0 Å². The molecule has 0 saturated heterocycles. The third-order valence-electron chi connectivity index (χ3n) is 4.31. The highest BCUT2D eigenvalue weighted by Gasteiger charge is 2.33. The van der Waals surface area contributed by atoms with E-state index in [4.69, 9.17) is 5.73 Å². The van der Waals surface area contributed by atoms with Crippen LogP contribution in [0.4, 0.5) is 0 Å². The van der Waals surface area contributed by atoms with Gasteiger partial charge in [-0.2, -0.15) is 0 Å². The monoisotopic (exact) mass is 355 g/mol. The van der Waals surface area contributed by atoms with E-state index in [1.165, 1.54) is 25.7 Å². The molecule has 0 spiro atoms. The first-order valence-electron chi connectivity index (χ1n) is 8.39. The molecule has 134 valence electrons. The highest BCUT2D eigenvalue weighted by atomic mass is 35.5. The Balaban J connectivity index is 0. The third-order valence-corrected chi connectivity index (χ3v) is 4.31. The van der Waals surface area contributed by atoms with Gasteiger partial charge in [-0.1, -0.05) is 26.7 Å². The Morgan fingerprint density at radius 3 is 2.09 bits per heavy atom. The number of nitrogens with zero attached hydrogens (tertiary/aromatic N) is 1. The fourth-order valence-corrected chi connectivity index (χ4v) is 3.22. The molecule has 0 atom stereocenters. The Morgan fingerprint density at radius 1 is 1.09 bits per heavy atom. The number of nitrogens with two attached hydrogens (primary N) is 1. The summed E-state index contributed by atoms with van der Waals surface area (Å²) in [6.07, 6.45) is 8.43. The van der Waals surface area contributed by atoms with Crippen molar-refractivity contribution in [3.05, 3.63) is 0 Å². The van der Waals surface area contributed by atoms with E-state index in [9.17, 15) is 4.79 Å². The van der Waals surface area contributed by atoms with E-state index in [1.54, 1.807) is 0 Å². The predicted octanol–water partition coefficient (Wildman–Crippen LogP) is 3.12. The lowest BCUT2D eigenvalue weighted by Crippen LogP contribution is -2.51. The standard InChI is InChI=1S/C16H33N3O.2ClH/c1-3-11-19(12-4-2)13-7-8-15(20)18-16(14-17)9-5-6-10-16;;/h3-14,17H2,1-2H3,(H,18,20);2*1H. The summed E-state index contributed by atoms with van der Waals surface area (Å²) in [5.74, 6) is 0.185. The normalized spacial score (nSPS) is 16.0. The number of hydrogen-bond acceptors (Lipinski definition) is 3. The summed E-state index contributed by atoms with van der Waals surface area (Å²) in [4.78, 5) is 14.5. The van der Waals surface area contributed by atoms with Crippen molar-refractivity contribution in [2.24, 2.45) is 5.73 Å². The molecule has 1 saturated carbocycles. The van der Waals surface area contributed by atoms with E-state index >= 15 is 0 Å². The van der Waals surface area contributed by atoms with E-state index in [2.05, 4.69) is 24.1 Å². The smallest absolute Gasteiger partial charge is 0.220 e. The molecule has 0 aromatic carbocycles. The summed E-state index contributed by atoms with van der Waals surface area (Å²) in [5.41, 5.74) is 5.76. The van der Waals surface area contributed by atoms with Crippen LogP contribution in [0.15, 0.2) is 0 Å². The van der Waals surface area contributed by atoms with Crippen molar-refractivity contribution in [3.8, 4) is 0 Å². The van der Waals surface area contributed by atoms with Gasteiger partial charge in [-0.25, -0.2) is 0 Å². The van der Waals surface area contributed by atoms with Gasteiger partial charge in [-0.05, 0) is 51.7 Å². The zero-order valence-electron chi connectivity index (χ0n) is 14.2. The minimum atomic E-state index is -0.0936. The predicted molar refractivity (Wildman–Crippen MR) is 99.1 cm³/mol. The Bertz CT molecular complexity index is 279. The lowest BCUT2D eigenvalue weighted by atomic mass is 9.97. The van der Waals surface area contributed by atoms with Gasteiger partial charge in [0.1, 0.15) is 0 Å². The first-order chi connectivity index (χ1) is 9.65. The van der Waals surface area contributed by atoms with Gasteiger partial charge in [0.05, 0.1) is 5.54 Å². The maximum atomic E-state index is 12.1. The Labute approximate surface area is 148 Å². The maximum Gasteiger partial charge on any atom is 0.220 e. The summed E-state index contributed by atoms with van der Waals surface area (Å²) in [5, 5.41) is 3.20. The summed E-state index contributed by atoms with van der Waals surface area (Å²) in [6, 6.07) is 0. The molecule has 0 aromatic rings. The van der Waals surface area contributed by atoms with Crippen molar-refractivity contribution < 1.29 is 4.79 Å². The van der Waals surface area contributed by atoms with Crippen molar-refractivity contribution >= 4 is 30.7 Å². The van der Waals surface area contributed by atoms with Gasteiger partial charge >= 0.3 is 0 Å². The maximum absolute atomic E-state index is 12.1. The minimum absolute atomic E-state index is 0. The molecule has 0 unspecified atom stereocenters. The summed E-state index contributed by atoms with van der Waals surface area (Å²) < 4.78 is 0. The van der Waals surface area contributed by atoms with Crippen LogP contribution in [0.25, 0.3) is 0 Å². The van der Waals surface area contributed by atoms with Crippen LogP contribution in [-0.2, 0) is 4.79 Å². The van der Waals surface area contributed by atoms with E-state index in [0.29, 0.717) is 13.0 Å². The van der Waals surface area contributed by atoms with Gasteiger partial charge in [-0.15, -0.1) is 24.8 Å². The molecule has 1 fully saturated rings. The van der Waals surface area contributed by atoms with Crippen molar-refractivity contribution in [1.29, 1.82) is 0 Å². The zero-order chi connectivity index (χ0) is 14.8. The highest BCUT2D eigenvalue weighted by molar-refractivity contribution is 5.85. The van der Waals surface area contributed by atoms with Gasteiger partial charge in [0.15, 0.2) is 0 Å². The average molecular weight is 356 g/mol. The van der Waals surface area contributed by atoms with E-state index < -0.39 is 0 Å². The van der Waals surface area contributed by atoms with Crippen LogP contribution in [0.1, 0.15) is 65.2 Å². The number of amides is 1. The Kier molecular flexibility index (Phi) is 14.8. The number of carbonyl (C=O) groups excluding carboxylic acids is 1. The van der Waals surface area contributed by atoms with Crippen molar-refractivity contribution in [2.75, 3.05) is 26.2 Å². The average Bonchev–Trinajstić information content (AvgIpc) is 2.88. The second-order valence-electron chi connectivity index (χ2n) is 6.18. The molecule has 0 radical (unpaired) electrons. The molecule has 0 heterocycles. The lowest BCUT2D eigenvalue weighted by molar-refractivity contribution is -0.123. The molecule has 1 aliphatic carbocycles. The molecule has 22 heavy (non-hydrogen) atoms. The highest BCUT2D eigenvalue weighted by Crippen LogP contribution is 2.28. The number of halogens is 2. The van der Waals surface area contributed by atoms with Gasteiger partial charge in [0.2, 0.25) is 5.91 Å². The minimum Gasteiger partial charge on any atom is -0.349 e. The lowest BCUT2D eigenvalue weighted by Gasteiger charge is -2.29. The van der Waals surface area contributed by atoms with Crippen LogP contribution in [0.5, 0.6) is 0 Å². The number of carbonyl (C=O) groups is 1. The van der Waals surface area contributed by atoms with Crippen LogP contribution in [0.2, 0.25) is 0 Å². The second kappa shape index (κ2) is 13.4. The summed E-state index contributed by atoms with van der Waals surface area (Å²) >= 11 is 0.